The van der Waals surface area contributed by atoms with Crippen LogP contribution in [0.25, 0.3) is 0 Å². The maximum atomic E-state index is 13.1. The molecule has 0 saturated carbocycles. The van der Waals surface area contributed by atoms with E-state index in [1.807, 2.05) is 6.07 Å². The van der Waals surface area contributed by atoms with Gasteiger partial charge in [-0.3, -0.25) is 14.5 Å². The van der Waals surface area contributed by atoms with Crippen molar-refractivity contribution in [2.45, 2.75) is 51.6 Å². The van der Waals surface area contributed by atoms with Crippen LogP contribution in [0.4, 0.5) is 18.0 Å². The van der Waals surface area contributed by atoms with Crippen molar-refractivity contribution in [3.05, 3.63) is 83.6 Å². The number of hydrogen-bond acceptors (Lipinski definition) is 5. The van der Waals surface area contributed by atoms with Crippen LogP contribution in [0, 0.1) is 5.92 Å². The summed E-state index contributed by atoms with van der Waals surface area (Å²) in [6.45, 7) is 4.98. The molecule has 1 aliphatic heterocycles. The number of ether oxygens (including phenoxy) is 2. The molecule has 6 nitrogen and oxygen atoms in total. The van der Waals surface area contributed by atoms with Gasteiger partial charge in [0.05, 0.1) is 23.9 Å². The third kappa shape index (κ3) is 6.94. The Morgan fingerprint density at radius 3 is 2.17 bits per heavy atom. The number of amides is 1. The second-order valence-electron chi connectivity index (χ2n) is 9.13. The lowest BCUT2D eigenvalue weighted by atomic mass is 9.83. The fourth-order valence-corrected chi connectivity index (χ4v) is 3.72. The number of carbonyl (C=O) groups is 3. The number of carbonyl (C=O) groups excluding carboxylic acids is 3. The highest BCUT2D eigenvalue weighted by molar-refractivity contribution is 5.96. The molecular formula is C26H26F3NO5. The number of alkyl halides is 3. The second-order valence-corrected chi connectivity index (χ2v) is 9.13. The van der Waals surface area contributed by atoms with Gasteiger partial charge < -0.3 is 9.47 Å². The van der Waals surface area contributed by atoms with Crippen LogP contribution < -0.4 is 0 Å². The molecule has 9 heteroatoms. The minimum absolute atomic E-state index is 0.0472. The second kappa shape index (κ2) is 10.3. The molecule has 2 atom stereocenters. The Hall–Kier alpha value is -3.62. The molecule has 1 aliphatic rings. The Labute approximate surface area is 201 Å². The normalized spacial score (nSPS) is 18.3. The van der Waals surface area contributed by atoms with Gasteiger partial charge in [0.1, 0.15) is 12.2 Å². The number of ketones is 1. The Morgan fingerprint density at radius 2 is 1.60 bits per heavy atom. The van der Waals surface area contributed by atoms with Crippen LogP contribution >= 0.6 is 0 Å². The van der Waals surface area contributed by atoms with Gasteiger partial charge in [0.25, 0.3) is 0 Å². The molecule has 1 amide bonds. The van der Waals surface area contributed by atoms with Gasteiger partial charge in [0, 0.05) is 6.20 Å². The van der Waals surface area contributed by atoms with Crippen LogP contribution in [0.5, 0.6) is 0 Å². The predicted octanol–water partition coefficient (Wildman–Crippen LogP) is 5.83. The van der Waals surface area contributed by atoms with Gasteiger partial charge in [-0.15, -0.1) is 0 Å². The summed E-state index contributed by atoms with van der Waals surface area (Å²) in [6, 6.07) is 12.0. The summed E-state index contributed by atoms with van der Waals surface area (Å²) in [4.78, 5) is 39.5. The summed E-state index contributed by atoms with van der Waals surface area (Å²) in [7, 11) is 0. The van der Waals surface area contributed by atoms with E-state index in [9.17, 15) is 27.6 Å². The SMILES string of the molecule is CC(C)(C)OC(=O)CC1C(=O)C=CN(C(=O)OCc2ccccc2)C1c1ccc(C(F)(F)F)cc1. The van der Waals surface area contributed by atoms with Crippen molar-refractivity contribution in [1.29, 1.82) is 0 Å². The highest BCUT2D eigenvalue weighted by Crippen LogP contribution is 2.38. The fraction of sp³-hybridized carbons (Fsp3) is 0.346. The summed E-state index contributed by atoms with van der Waals surface area (Å²) >= 11 is 0. The molecule has 3 rings (SSSR count). The van der Waals surface area contributed by atoms with Crippen LogP contribution in [0.15, 0.2) is 66.9 Å². The molecule has 0 saturated heterocycles. The molecule has 186 valence electrons. The van der Waals surface area contributed by atoms with Crippen molar-refractivity contribution in [3.63, 3.8) is 0 Å². The number of hydrogen-bond donors (Lipinski definition) is 0. The summed E-state index contributed by atoms with van der Waals surface area (Å²) in [5.41, 5.74) is -0.695. The van der Waals surface area contributed by atoms with E-state index in [1.54, 1.807) is 45.0 Å². The summed E-state index contributed by atoms with van der Waals surface area (Å²) in [5, 5.41) is 0. The highest BCUT2D eigenvalue weighted by atomic mass is 19.4. The Morgan fingerprint density at radius 1 is 0.971 bits per heavy atom. The smallest absolute Gasteiger partial charge is 0.416 e. The van der Waals surface area contributed by atoms with Crippen LogP contribution in [-0.4, -0.2) is 28.3 Å². The molecule has 2 aromatic rings. The fourth-order valence-electron chi connectivity index (χ4n) is 3.72. The van der Waals surface area contributed by atoms with Crippen molar-refractivity contribution < 1.29 is 37.0 Å². The third-order valence-corrected chi connectivity index (χ3v) is 5.25. The summed E-state index contributed by atoms with van der Waals surface area (Å²) in [5.74, 6) is -2.19. The molecule has 0 aromatic heterocycles. The third-order valence-electron chi connectivity index (χ3n) is 5.25. The Bertz CT molecular complexity index is 1090. The van der Waals surface area contributed by atoms with Crippen LogP contribution in [0.2, 0.25) is 0 Å². The van der Waals surface area contributed by atoms with Crippen molar-refractivity contribution in [1.82, 2.24) is 4.90 Å². The van der Waals surface area contributed by atoms with E-state index in [4.69, 9.17) is 9.47 Å². The van der Waals surface area contributed by atoms with E-state index in [0.29, 0.717) is 0 Å². The lowest BCUT2D eigenvalue weighted by Crippen LogP contribution is -2.42. The van der Waals surface area contributed by atoms with Gasteiger partial charge in [-0.2, -0.15) is 13.2 Å². The molecule has 1 heterocycles. The first-order valence-corrected chi connectivity index (χ1v) is 11.0. The standard InChI is InChI=1S/C26H26F3NO5/c1-25(2,3)35-22(32)15-20-21(31)13-14-30(24(33)34-16-17-7-5-4-6-8-17)23(20)18-9-11-19(12-10-18)26(27,28)29/h4-14,20,23H,15-16H2,1-3H3. The summed E-state index contributed by atoms with van der Waals surface area (Å²) < 4.78 is 50.0. The van der Waals surface area contributed by atoms with Crippen molar-refractivity contribution in [2.75, 3.05) is 0 Å². The molecular weight excluding hydrogens is 463 g/mol. The first-order chi connectivity index (χ1) is 16.3. The maximum Gasteiger partial charge on any atom is 0.416 e. The molecule has 2 aromatic carbocycles. The van der Waals surface area contributed by atoms with Gasteiger partial charge in [-0.05, 0) is 50.1 Å². The lowest BCUT2D eigenvalue weighted by molar-refractivity contribution is -0.157. The zero-order valence-corrected chi connectivity index (χ0v) is 19.5. The number of nitrogens with zero attached hydrogens (tertiary/aromatic N) is 1. The van der Waals surface area contributed by atoms with Crippen LogP contribution in [-0.2, 0) is 31.8 Å². The number of benzene rings is 2. The number of halogens is 3. The molecule has 0 aliphatic carbocycles. The van der Waals surface area contributed by atoms with Crippen molar-refractivity contribution in [3.8, 4) is 0 Å². The van der Waals surface area contributed by atoms with E-state index >= 15 is 0 Å². The van der Waals surface area contributed by atoms with Crippen molar-refractivity contribution >= 4 is 17.8 Å². The molecule has 0 spiro atoms. The molecule has 0 bridgehead atoms. The van der Waals surface area contributed by atoms with Gasteiger partial charge >= 0.3 is 18.2 Å². The lowest BCUT2D eigenvalue weighted by Gasteiger charge is -2.36. The van der Waals surface area contributed by atoms with Gasteiger partial charge in [0.15, 0.2) is 5.78 Å². The van der Waals surface area contributed by atoms with Gasteiger partial charge in [-0.1, -0.05) is 42.5 Å². The minimum atomic E-state index is -4.55. The predicted molar refractivity (Wildman–Crippen MR) is 121 cm³/mol. The number of allylic oxidation sites excluding steroid dienone is 1. The average Bonchev–Trinajstić information content (AvgIpc) is 2.77. The molecule has 0 N–H and O–H groups in total. The first-order valence-electron chi connectivity index (χ1n) is 11.0. The van der Waals surface area contributed by atoms with Crippen LogP contribution in [0.1, 0.15) is 49.9 Å². The van der Waals surface area contributed by atoms with E-state index in [-0.39, 0.29) is 18.6 Å². The topological polar surface area (TPSA) is 72.9 Å². The first kappa shape index (κ1) is 26.0. The quantitative estimate of drug-likeness (QED) is 0.494. The molecule has 0 radical (unpaired) electrons. The van der Waals surface area contributed by atoms with E-state index in [2.05, 4.69) is 0 Å². The van der Waals surface area contributed by atoms with E-state index in [0.717, 1.165) is 28.7 Å². The van der Waals surface area contributed by atoms with Crippen molar-refractivity contribution in [2.24, 2.45) is 5.92 Å². The largest absolute Gasteiger partial charge is 0.460 e. The molecule has 0 fully saturated rings. The molecule has 2 unspecified atom stereocenters. The summed E-state index contributed by atoms with van der Waals surface area (Å²) in [6.07, 6.45) is -3.35. The zero-order chi connectivity index (χ0) is 25.8. The molecule has 35 heavy (non-hydrogen) atoms. The Kier molecular flexibility index (Phi) is 7.67. The average molecular weight is 489 g/mol. The highest BCUT2D eigenvalue weighted by Gasteiger charge is 2.41. The van der Waals surface area contributed by atoms with E-state index < -0.39 is 47.1 Å². The Balaban J connectivity index is 1.92. The minimum Gasteiger partial charge on any atom is -0.460 e. The van der Waals surface area contributed by atoms with E-state index in [1.165, 1.54) is 18.3 Å². The van der Waals surface area contributed by atoms with Crippen LogP contribution in [0.3, 0.4) is 0 Å². The zero-order valence-electron chi connectivity index (χ0n) is 19.5. The van der Waals surface area contributed by atoms with Gasteiger partial charge in [0.2, 0.25) is 0 Å². The number of esters is 1. The maximum absolute atomic E-state index is 13.1. The number of rotatable bonds is 5. The van der Waals surface area contributed by atoms with Gasteiger partial charge in [-0.25, -0.2) is 4.79 Å². The monoisotopic (exact) mass is 489 g/mol.